The van der Waals surface area contributed by atoms with Gasteiger partial charge in [0.2, 0.25) is 0 Å². The molecule has 88 valence electrons. The fraction of sp³-hybridized carbons (Fsp3) is 0.400. The monoisotopic (exact) mass is 316 g/mol. The van der Waals surface area contributed by atoms with Crippen molar-refractivity contribution in [2.24, 2.45) is 0 Å². The average Bonchev–Trinajstić information content (AvgIpc) is 2.16. The third kappa shape index (κ3) is 4.07. The van der Waals surface area contributed by atoms with Crippen LogP contribution >= 0.6 is 0 Å². The minimum atomic E-state index is -3.79. The summed E-state index contributed by atoms with van der Waals surface area (Å²) in [6.45, 7) is 7.90. The maximum absolute atomic E-state index is 12.7. The number of hydrogen-bond acceptors (Lipinski definition) is 3. The molecule has 0 N–H and O–H groups in total. The fourth-order valence-electron chi connectivity index (χ4n) is 1.22. The van der Waals surface area contributed by atoms with Gasteiger partial charge >= 0.3 is 104 Å². The van der Waals surface area contributed by atoms with Crippen LogP contribution in [0.3, 0.4) is 0 Å². The fourth-order valence-corrected chi connectivity index (χ4v) is 11.7. The van der Waals surface area contributed by atoms with Crippen molar-refractivity contribution in [3.63, 3.8) is 0 Å². The van der Waals surface area contributed by atoms with Crippen molar-refractivity contribution in [2.75, 3.05) is 0 Å². The molecule has 0 amide bonds. The van der Waals surface area contributed by atoms with Crippen LogP contribution in [0.1, 0.15) is 0 Å². The van der Waals surface area contributed by atoms with E-state index in [2.05, 4.69) is 0 Å². The van der Waals surface area contributed by atoms with E-state index >= 15 is 0 Å². The van der Waals surface area contributed by atoms with Crippen LogP contribution in [0.5, 0.6) is 0 Å². The second kappa shape index (κ2) is 6.03. The molecule has 0 fully saturated rings. The molecule has 1 rings (SSSR count). The van der Waals surface area contributed by atoms with Crippen molar-refractivity contribution in [1.82, 2.24) is 0 Å². The summed E-state index contributed by atoms with van der Waals surface area (Å²) in [7, 11) is -2.06. The summed E-state index contributed by atoms with van der Waals surface area (Å²) < 4.78 is 24.7. The topological polar surface area (TPSA) is 35.5 Å². The second-order valence-corrected chi connectivity index (χ2v) is 13.3. The molecule has 0 aromatic heterocycles. The summed E-state index contributed by atoms with van der Waals surface area (Å²) in [5, 5.41) is 0. The molecule has 0 atom stereocenters. The van der Waals surface area contributed by atoms with Crippen molar-refractivity contribution in [1.29, 1.82) is 0 Å². The molecular formula is C10H17AsO3Si2. The van der Waals surface area contributed by atoms with Crippen LogP contribution in [0.25, 0.3) is 0 Å². The zero-order valence-electron chi connectivity index (χ0n) is 10.1. The SMILES string of the molecule is C[Si](C)O[As](=O)(O[Si](C)C)c1ccccc1. The van der Waals surface area contributed by atoms with Crippen molar-refractivity contribution < 1.29 is 10.6 Å². The van der Waals surface area contributed by atoms with Gasteiger partial charge in [-0.25, -0.2) is 0 Å². The van der Waals surface area contributed by atoms with Gasteiger partial charge in [-0.2, -0.15) is 0 Å². The van der Waals surface area contributed by atoms with E-state index in [0.717, 1.165) is 4.35 Å². The van der Waals surface area contributed by atoms with Gasteiger partial charge in [0.1, 0.15) is 0 Å². The van der Waals surface area contributed by atoms with E-state index in [0.29, 0.717) is 0 Å². The van der Waals surface area contributed by atoms with Crippen LogP contribution in [0.15, 0.2) is 30.3 Å². The first-order valence-corrected chi connectivity index (χ1v) is 13.1. The Balaban J connectivity index is 3.00. The van der Waals surface area contributed by atoms with Crippen molar-refractivity contribution >= 4 is 36.6 Å². The Morgan fingerprint density at radius 1 is 0.938 bits per heavy atom. The predicted octanol–water partition coefficient (Wildman–Crippen LogP) is 1.80. The molecule has 1 aromatic carbocycles. The second-order valence-electron chi connectivity index (χ2n) is 3.83. The Labute approximate surface area is 104 Å². The van der Waals surface area contributed by atoms with Gasteiger partial charge in [0.05, 0.1) is 0 Å². The zero-order chi connectivity index (χ0) is 12.2. The molecule has 0 aliphatic rings. The summed E-state index contributed by atoms with van der Waals surface area (Å²) in [4.78, 5) is 0. The van der Waals surface area contributed by atoms with E-state index in [4.69, 9.17) is 6.83 Å². The quantitative estimate of drug-likeness (QED) is 0.777. The standard InChI is InChI=1S/C10H17AsO3Si2/c1-15(2)13-11(12,14-16(3)4)10-8-6-5-7-9-10/h5-9H,1-4H3. The van der Waals surface area contributed by atoms with E-state index in [1.54, 1.807) is 0 Å². The Morgan fingerprint density at radius 3 is 1.75 bits per heavy atom. The Hall–Kier alpha value is -0.0678. The third-order valence-electron chi connectivity index (χ3n) is 1.68. The normalized spacial score (nSPS) is 12.4. The van der Waals surface area contributed by atoms with Crippen molar-refractivity contribution in [3.8, 4) is 0 Å². The number of rotatable bonds is 5. The van der Waals surface area contributed by atoms with Gasteiger partial charge < -0.3 is 0 Å². The summed E-state index contributed by atoms with van der Waals surface area (Å²) in [6, 6.07) is 9.29. The number of hydrogen-bond donors (Lipinski definition) is 0. The van der Waals surface area contributed by atoms with Crippen LogP contribution in [-0.2, 0) is 10.6 Å². The summed E-state index contributed by atoms with van der Waals surface area (Å²) in [5.74, 6) is 0. The van der Waals surface area contributed by atoms with E-state index in [1.807, 2.05) is 56.5 Å². The first-order chi connectivity index (χ1) is 7.44. The van der Waals surface area contributed by atoms with Crippen LogP contribution in [0.2, 0.25) is 26.2 Å². The predicted molar refractivity (Wildman–Crippen MR) is 69.7 cm³/mol. The molecule has 0 spiro atoms. The molecule has 3 nitrogen and oxygen atoms in total. The zero-order valence-corrected chi connectivity index (χ0v) is 13.9. The van der Waals surface area contributed by atoms with Gasteiger partial charge in [-0.1, -0.05) is 0 Å². The molecule has 0 aliphatic heterocycles. The Bertz CT molecular complexity index is 354. The summed E-state index contributed by atoms with van der Waals surface area (Å²) in [5.41, 5.74) is 0. The molecule has 0 unspecified atom stereocenters. The molecule has 6 heteroatoms. The first kappa shape index (κ1) is 14.0. The molecule has 0 saturated heterocycles. The Kier molecular flexibility index (Phi) is 5.27. The molecule has 0 aliphatic carbocycles. The summed E-state index contributed by atoms with van der Waals surface area (Å²) >= 11 is -3.79. The molecule has 1 aromatic rings. The van der Waals surface area contributed by atoms with E-state index in [-0.39, 0.29) is 0 Å². The molecule has 16 heavy (non-hydrogen) atoms. The van der Waals surface area contributed by atoms with Crippen LogP contribution in [-0.4, -0.2) is 32.3 Å². The van der Waals surface area contributed by atoms with Crippen LogP contribution < -0.4 is 4.35 Å². The van der Waals surface area contributed by atoms with Gasteiger partial charge in [0, 0.05) is 0 Å². The van der Waals surface area contributed by atoms with Gasteiger partial charge in [0.25, 0.3) is 0 Å². The van der Waals surface area contributed by atoms with Gasteiger partial charge in [-0.3, -0.25) is 0 Å². The average molecular weight is 316 g/mol. The third-order valence-corrected chi connectivity index (χ3v) is 12.5. The minimum absolute atomic E-state index is 0.720. The van der Waals surface area contributed by atoms with Gasteiger partial charge in [-0.15, -0.1) is 0 Å². The molecule has 0 heterocycles. The van der Waals surface area contributed by atoms with E-state index in [9.17, 15) is 3.74 Å². The van der Waals surface area contributed by atoms with Crippen molar-refractivity contribution in [3.05, 3.63) is 30.3 Å². The van der Waals surface area contributed by atoms with E-state index < -0.39 is 32.3 Å². The first-order valence-electron chi connectivity index (χ1n) is 5.09. The van der Waals surface area contributed by atoms with E-state index in [1.165, 1.54) is 0 Å². The Morgan fingerprint density at radius 2 is 1.38 bits per heavy atom. The molecule has 2 radical (unpaired) electrons. The van der Waals surface area contributed by atoms with Crippen molar-refractivity contribution in [2.45, 2.75) is 26.2 Å². The van der Waals surface area contributed by atoms with Crippen LogP contribution in [0, 0.1) is 0 Å². The molecular weight excluding hydrogens is 299 g/mol. The maximum atomic E-state index is 12.7. The number of benzene rings is 1. The van der Waals surface area contributed by atoms with Crippen LogP contribution in [0.4, 0.5) is 0 Å². The molecule has 0 saturated carbocycles. The van der Waals surface area contributed by atoms with Gasteiger partial charge in [-0.05, 0) is 0 Å². The summed E-state index contributed by atoms with van der Waals surface area (Å²) in [6.07, 6.45) is 0. The van der Waals surface area contributed by atoms with Gasteiger partial charge in [0.15, 0.2) is 0 Å². The molecule has 0 bridgehead atoms.